The van der Waals surface area contributed by atoms with E-state index in [1.807, 2.05) is 35.2 Å². The molecule has 1 aromatic heterocycles. The van der Waals surface area contributed by atoms with Crippen molar-refractivity contribution in [2.24, 2.45) is 0 Å². The number of halogens is 1. The molecule has 0 aliphatic carbocycles. The molecule has 96 valence electrons. The second-order valence-corrected chi connectivity index (χ2v) is 5.01. The number of aromatic nitrogens is 1. The summed E-state index contributed by atoms with van der Waals surface area (Å²) in [4.78, 5) is 18.3. The molecular weight excluding hydrogens is 260 g/mol. The molecule has 0 bridgehead atoms. The van der Waals surface area contributed by atoms with Crippen molar-refractivity contribution in [2.45, 2.75) is 13.0 Å². The second kappa shape index (κ2) is 5.02. The van der Waals surface area contributed by atoms with Crippen molar-refractivity contribution in [3.05, 3.63) is 64.4 Å². The average Bonchev–Trinajstić information content (AvgIpc) is 2.44. The van der Waals surface area contributed by atoms with Crippen molar-refractivity contribution < 1.29 is 4.79 Å². The van der Waals surface area contributed by atoms with Gasteiger partial charge in [0, 0.05) is 24.8 Å². The molecule has 0 spiro atoms. The van der Waals surface area contributed by atoms with Gasteiger partial charge in [-0.15, -0.1) is 0 Å². The van der Waals surface area contributed by atoms with Crippen LogP contribution in [0.25, 0.3) is 0 Å². The molecule has 0 N–H and O–H groups in total. The first-order valence-corrected chi connectivity index (χ1v) is 6.59. The van der Waals surface area contributed by atoms with E-state index in [-0.39, 0.29) is 5.91 Å². The van der Waals surface area contributed by atoms with Crippen LogP contribution in [-0.4, -0.2) is 22.3 Å². The molecule has 2 heterocycles. The predicted molar refractivity (Wildman–Crippen MR) is 74.1 cm³/mol. The molecule has 0 radical (unpaired) electrons. The molecule has 3 rings (SSSR count). The number of carbonyl (C=O) groups is 1. The number of carbonyl (C=O) groups excluding carboxylic acids is 1. The number of rotatable bonds is 2. The van der Waals surface area contributed by atoms with Crippen LogP contribution in [0.1, 0.15) is 21.5 Å². The summed E-state index contributed by atoms with van der Waals surface area (Å²) in [5.41, 5.74) is 2.81. The van der Waals surface area contributed by atoms with Crippen LogP contribution in [0.5, 0.6) is 0 Å². The van der Waals surface area contributed by atoms with Crippen molar-refractivity contribution in [1.29, 1.82) is 0 Å². The van der Waals surface area contributed by atoms with Crippen molar-refractivity contribution in [3.63, 3.8) is 0 Å². The molecule has 0 unspecified atom stereocenters. The monoisotopic (exact) mass is 272 g/mol. The van der Waals surface area contributed by atoms with E-state index in [9.17, 15) is 4.79 Å². The number of fused-ring (bicyclic) bond motifs is 1. The van der Waals surface area contributed by atoms with Crippen molar-refractivity contribution >= 4 is 17.5 Å². The summed E-state index contributed by atoms with van der Waals surface area (Å²) in [6, 6.07) is 11.7. The third-order valence-electron chi connectivity index (χ3n) is 3.34. The van der Waals surface area contributed by atoms with E-state index >= 15 is 0 Å². The second-order valence-electron chi connectivity index (χ2n) is 4.63. The van der Waals surface area contributed by atoms with Gasteiger partial charge < -0.3 is 4.90 Å². The van der Waals surface area contributed by atoms with Gasteiger partial charge in [-0.2, -0.15) is 0 Å². The molecule has 2 aromatic rings. The fourth-order valence-electron chi connectivity index (χ4n) is 2.34. The van der Waals surface area contributed by atoms with E-state index in [0.29, 0.717) is 17.3 Å². The quantitative estimate of drug-likeness (QED) is 0.788. The third-order valence-corrected chi connectivity index (χ3v) is 3.54. The van der Waals surface area contributed by atoms with E-state index in [1.54, 1.807) is 12.3 Å². The summed E-state index contributed by atoms with van der Waals surface area (Å²) >= 11 is 5.87. The number of nitrogens with zero attached hydrogens (tertiary/aromatic N) is 2. The van der Waals surface area contributed by atoms with Gasteiger partial charge >= 0.3 is 0 Å². The van der Waals surface area contributed by atoms with Crippen molar-refractivity contribution in [1.82, 2.24) is 9.88 Å². The number of hydrogen-bond acceptors (Lipinski definition) is 2. The normalized spacial score (nSPS) is 14.4. The standard InChI is InChI=1S/C15H13ClN2O/c16-14-8-13-12(9-17-14)6-7-18(15(13)19)10-11-4-2-1-3-5-11/h1-5,8-9H,6-7,10H2. The van der Waals surface area contributed by atoms with Crippen LogP contribution < -0.4 is 0 Å². The fraction of sp³-hybridized carbons (Fsp3) is 0.200. The van der Waals surface area contributed by atoms with Gasteiger partial charge in [0.25, 0.3) is 5.91 Å². The van der Waals surface area contributed by atoms with E-state index in [4.69, 9.17) is 11.6 Å². The topological polar surface area (TPSA) is 33.2 Å². The molecule has 0 fully saturated rings. The molecule has 19 heavy (non-hydrogen) atoms. The molecule has 3 nitrogen and oxygen atoms in total. The zero-order valence-corrected chi connectivity index (χ0v) is 11.1. The molecular formula is C15H13ClN2O. The van der Waals surface area contributed by atoms with Crippen LogP contribution in [0, 0.1) is 0 Å². The highest BCUT2D eigenvalue weighted by Gasteiger charge is 2.24. The summed E-state index contributed by atoms with van der Waals surface area (Å²) < 4.78 is 0. The van der Waals surface area contributed by atoms with Crippen LogP contribution in [0.3, 0.4) is 0 Å². The van der Waals surface area contributed by atoms with Crippen LogP contribution in [-0.2, 0) is 13.0 Å². The largest absolute Gasteiger partial charge is 0.334 e. The highest BCUT2D eigenvalue weighted by molar-refractivity contribution is 6.29. The molecule has 1 aromatic carbocycles. The predicted octanol–water partition coefficient (Wildman–Crippen LogP) is 2.93. The first-order chi connectivity index (χ1) is 9.24. The summed E-state index contributed by atoms with van der Waals surface area (Å²) in [5.74, 6) is 0.0365. The zero-order chi connectivity index (χ0) is 13.2. The molecule has 4 heteroatoms. The van der Waals surface area contributed by atoms with Gasteiger partial charge in [-0.3, -0.25) is 4.79 Å². The highest BCUT2D eigenvalue weighted by Crippen LogP contribution is 2.22. The molecule has 0 atom stereocenters. The van der Waals surface area contributed by atoms with Crippen LogP contribution in [0.4, 0.5) is 0 Å². The molecule has 0 saturated carbocycles. The Morgan fingerprint density at radius 3 is 2.84 bits per heavy atom. The van der Waals surface area contributed by atoms with Gasteiger partial charge in [-0.05, 0) is 23.6 Å². The number of hydrogen-bond donors (Lipinski definition) is 0. The summed E-state index contributed by atoms with van der Waals surface area (Å²) in [6.07, 6.45) is 2.54. The minimum absolute atomic E-state index is 0.0365. The van der Waals surface area contributed by atoms with Gasteiger partial charge in [0.05, 0.1) is 0 Å². The van der Waals surface area contributed by atoms with Gasteiger partial charge in [0.2, 0.25) is 0 Å². The molecule has 1 amide bonds. The van der Waals surface area contributed by atoms with Crippen LogP contribution in [0.15, 0.2) is 42.6 Å². The summed E-state index contributed by atoms with van der Waals surface area (Å²) in [6.45, 7) is 1.36. The molecule has 1 aliphatic heterocycles. The van der Waals surface area contributed by atoms with Gasteiger partial charge in [-0.1, -0.05) is 41.9 Å². The minimum Gasteiger partial charge on any atom is -0.334 e. The molecule has 1 aliphatic rings. The Kier molecular flexibility index (Phi) is 3.22. The first kappa shape index (κ1) is 12.2. The lowest BCUT2D eigenvalue weighted by Crippen LogP contribution is -2.37. The zero-order valence-electron chi connectivity index (χ0n) is 10.3. The Balaban J connectivity index is 1.85. The lowest BCUT2D eigenvalue weighted by atomic mass is 10.0. The Morgan fingerprint density at radius 2 is 2.05 bits per heavy atom. The van der Waals surface area contributed by atoms with E-state index in [1.165, 1.54) is 0 Å². The van der Waals surface area contributed by atoms with Crippen LogP contribution in [0.2, 0.25) is 5.15 Å². The number of amides is 1. The maximum absolute atomic E-state index is 12.4. The Labute approximate surface area is 116 Å². The summed E-state index contributed by atoms with van der Waals surface area (Å²) in [5, 5.41) is 0.369. The Bertz CT molecular complexity index is 613. The SMILES string of the molecule is O=C1c2cc(Cl)ncc2CCN1Cc1ccccc1. The number of pyridine rings is 1. The smallest absolute Gasteiger partial charge is 0.254 e. The summed E-state index contributed by atoms with van der Waals surface area (Å²) in [7, 11) is 0. The maximum Gasteiger partial charge on any atom is 0.254 e. The lowest BCUT2D eigenvalue weighted by molar-refractivity contribution is 0.0726. The van der Waals surface area contributed by atoms with Gasteiger partial charge in [-0.25, -0.2) is 4.98 Å². The highest BCUT2D eigenvalue weighted by atomic mass is 35.5. The van der Waals surface area contributed by atoms with E-state index in [2.05, 4.69) is 4.98 Å². The van der Waals surface area contributed by atoms with Crippen LogP contribution >= 0.6 is 11.6 Å². The van der Waals surface area contributed by atoms with E-state index < -0.39 is 0 Å². The van der Waals surface area contributed by atoms with E-state index in [0.717, 1.165) is 24.1 Å². The van der Waals surface area contributed by atoms with Gasteiger partial charge in [0.15, 0.2) is 0 Å². The fourth-order valence-corrected chi connectivity index (χ4v) is 2.50. The lowest BCUT2D eigenvalue weighted by Gasteiger charge is -2.28. The average molecular weight is 273 g/mol. The Morgan fingerprint density at radius 1 is 1.26 bits per heavy atom. The van der Waals surface area contributed by atoms with Gasteiger partial charge in [0.1, 0.15) is 5.15 Å². The van der Waals surface area contributed by atoms with Crippen molar-refractivity contribution in [2.75, 3.05) is 6.54 Å². The number of benzene rings is 1. The first-order valence-electron chi connectivity index (χ1n) is 6.21. The maximum atomic E-state index is 12.4. The minimum atomic E-state index is 0.0365. The Hall–Kier alpha value is -1.87. The third kappa shape index (κ3) is 2.47. The molecule has 0 saturated heterocycles. The van der Waals surface area contributed by atoms with Crippen molar-refractivity contribution in [3.8, 4) is 0 Å².